The molecule has 0 radical (unpaired) electrons. The van der Waals surface area contributed by atoms with Crippen LogP contribution in [0.3, 0.4) is 0 Å². The number of rotatable bonds is 4. The summed E-state index contributed by atoms with van der Waals surface area (Å²) in [5.41, 5.74) is 2.80. The van der Waals surface area contributed by atoms with Gasteiger partial charge >= 0.3 is 6.18 Å². The molecule has 0 atom stereocenters. The molecule has 0 unspecified atom stereocenters. The minimum atomic E-state index is -4.70. The molecule has 0 fully saturated rings. The number of alkyl halides is 3. The number of phenolic OH excluding ortho intramolecular Hbond substituents is 1. The Kier molecular flexibility index (Phi) is 5.17. The zero-order chi connectivity index (χ0) is 19.6. The number of halogens is 4. The molecule has 3 aromatic rings. The van der Waals surface area contributed by atoms with Gasteiger partial charge in [0.25, 0.3) is 5.91 Å². The third kappa shape index (κ3) is 4.27. The van der Waals surface area contributed by atoms with Crippen LogP contribution >= 0.6 is 15.9 Å². The molecule has 10 heteroatoms. The number of aromatic nitrogens is 2. The van der Waals surface area contributed by atoms with Crippen LogP contribution in [0.15, 0.2) is 52.0 Å². The zero-order valence-corrected chi connectivity index (χ0v) is 15.1. The molecular weight excluding hydrogens is 429 g/mol. The summed E-state index contributed by atoms with van der Waals surface area (Å²) in [4.78, 5) is 15.6. The number of nitrogens with zero attached hydrogens (tertiary/aromatic N) is 3. The summed E-state index contributed by atoms with van der Waals surface area (Å²) < 4.78 is 41.1. The normalized spacial score (nSPS) is 12.0. The quantitative estimate of drug-likeness (QED) is 0.479. The Morgan fingerprint density at radius 1 is 1.30 bits per heavy atom. The van der Waals surface area contributed by atoms with Crippen molar-refractivity contribution in [1.29, 1.82) is 0 Å². The minimum absolute atomic E-state index is 0.0591. The summed E-state index contributed by atoms with van der Waals surface area (Å²) in [5.74, 6) is -1.99. The number of hydrogen-bond donors (Lipinski definition) is 2. The van der Waals surface area contributed by atoms with Gasteiger partial charge in [-0.2, -0.15) is 18.3 Å². The Hall–Kier alpha value is -2.88. The van der Waals surface area contributed by atoms with Gasteiger partial charge in [-0.3, -0.25) is 4.79 Å². The monoisotopic (exact) mass is 440 g/mol. The number of fused-ring (bicyclic) bond motifs is 1. The summed E-state index contributed by atoms with van der Waals surface area (Å²) in [6, 6.07) is 10.6. The number of para-hydroxylation sites is 2. The molecule has 3 rings (SSSR count). The number of carbonyl (C=O) groups is 1. The second-order valence-corrected chi connectivity index (χ2v) is 6.42. The Labute approximate surface area is 159 Å². The molecule has 0 aliphatic carbocycles. The van der Waals surface area contributed by atoms with Crippen molar-refractivity contribution in [2.45, 2.75) is 12.7 Å². The first-order valence-electron chi connectivity index (χ1n) is 7.58. The number of amides is 1. The SMILES string of the molecule is O=C(Cn1c(C(F)(F)F)nc2ccccc21)NN=Cc1cc(Br)ccc1O. The molecule has 0 saturated heterocycles. The van der Waals surface area contributed by atoms with E-state index in [1.165, 1.54) is 24.4 Å². The van der Waals surface area contributed by atoms with Gasteiger partial charge in [-0.1, -0.05) is 28.1 Å². The van der Waals surface area contributed by atoms with Crippen LogP contribution in [0.4, 0.5) is 13.2 Å². The maximum atomic E-state index is 13.2. The minimum Gasteiger partial charge on any atom is -0.507 e. The number of nitrogens with one attached hydrogen (secondary N) is 1. The largest absolute Gasteiger partial charge is 0.507 e. The van der Waals surface area contributed by atoms with E-state index in [0.29, 0.717) is 10.0 Å². The van der Waals surface area contributed by atoms with Crippen molar-refractivity contribution in [3.8, 4) is 5.75 Å². The van der Waals surface area contributed by atoms with E-state index in [-0.39, 0.29) is 16.8 Å². The van der Waals surface area contributed by atoms with Gasteiger partial charge in [0.15, 0.2) is 0 Å². The number of hydrogen-bond acceptors (Lipinski definition) is 4. The van der Waals surface area contributed by atoms with Crippen molar-refractivity contribution in [3.05, 3.63) is 58.3 Å². The fraction of sp³-hybridized carbons (Fsp3) is 0.118. The van der Waals surface area contributed by atoms with Gasteiger partial charge in [-0.15, -0.1) is 0 Å². The van der Waals surface area contributed by atoms with E-state index in [4.69, 9.17) is 0 Å². The van der Waals surface area contributed by atoms with Crippen LogP contribution in [0, 0.1) is 0 Å². The lowest BCUT2D eigenvalue weighted by molar-refractivity contribution is -0.147. The molecule has 1 heterocycles. The summed E-state index contributed by atoms with van der Waals surface area (Å²) in [5, 5.41) is 13.4. The Morgan fingerprint density at radius 2 is 2.04 bits per heavy atom. The van der Waals surface area contributed by atoms with Crippen molar-refractivity contribution in [3.63, 3.8) is 0 Å². The average molecular weight is 441 g/mol. The van der Waals surface area contributed by atoms with Crippen LogP contribution in [0.1, 0.15) is 11.4 Å². The lowest BCUT2D eigenvalue weighted by Crippen LogP contribution is -2.26. The van der Waals surface area contributed by atoms with Crippen LogP contribution in [0.5, 0.6) is 5.75 Å². The highest BCUT2D eigenvalue weighted by Gasteiger charge is 2.37. The molecule has 0 saturated carbocycles. The highest BCUT2D eigenvalue weighted by atomic mass is 79.9. The number of phenols is 1. The molecule has 140 valence electrons. The Morgan fingerprint density at radius 3 is 2.78 bits per heavy atom. The smallest absolute Gasteiger partial charge is 0.449 e. The number of carbonyl (C=O) groups excluding carboxylic acids is 1. The van der Waals surface area contributed by atoms with Crippen LogP contribution < -0.4 is 5.43 Å². The number of aromatic hydroxyl groups is 1. The number of imidazole rings is 1. The summed E-state index contributed by atoms with van der Waals surface area (Å²) in [6.45, 7) is -0.614. The summed E-state index contributed by atoms with van der Waals surface area (Å²) >= 11 is 3.23. The molecule has 0 aliphatic rings. The topological polar surface area (TPSA) is 79.5 Å². The van der Waals surface area contributed by atoms with Gasteiger partial charge in [0.2, 0.25) is 5.82 Å². The maximum absolute atomic E-state index is 13.2. The van der Waals surface area contributed by atoms with Crippen molar-refractivity contribution in [2.24, 2.45) is 5.10 Å². The van der Waals surface area contributed by atoms with E-state index >= 15 is 0 Å². The van der Waals surface area contributed by atoms with Gasteiger partial charge in [0.1, 0.15) is 12.3 Å². The lowest BCUT2D eigenvalue weighted by Gasteiger charge is -2.10. The standard InChI is InChI=1S/C17H12BrF3N4O2/c18-11-5-6-14(26)10(7-11)8-22-24-15(27)9-25-13-4-2-1-3-12(13)23-16(25)17(19,20)21/h1-8,26H,9H2,(H,24,27). The molecule has 0 spiro atoms. The van der Waals surface area contributed by atoms with E-state index in [1.807, 2.05) is 0 Å². The van der Waals surface area contributed by atoms with Gasteiger partial charge in [-0.25, -0.2) is 10.4 Å². The first-order valence-corrected chi connectivity index (χ1v) is 8.38. The number of hydrazone groups is 1. The second kappa shape index (κ2) is 7.39. The molecule has 2 aromatic carbocycles. The predicted molar refractivity (Wildman–Crippen MR) is 96.3 cm³/mol. The molecule has 1 aromatic heterocycles. The molecule has 27 heavy (non-hydrogen) atoms. The van der Waals surface area contributed by atoms with Gasteiger partial charge in [-0.05, 0) is 30.3 Å². The summed E-state index contributed by atoms with van der Waals surface area (Å²) in [6.07, 6.45) is -3.51. The van der Waals surface area contributed by atoms with Gasteiger partial charge < -0.3 is 9.67 Å². The van der Waals surface area contributed by atoms with Crippen LogP contribution in [-0.4, -0.2) is 26.8 Å². The van der Waals surface area contributed by atoms with Gasteiger partial charge in [0, 0.05) is 10.0 Å². The van der Waals surface area contributed by atoms with E-state index in [0.717, 1.165) is 4.57 Å². The second-order valence-electron chi connectivity index (χ2n) is 5.50. The first-order chi connectivity index (χ1) is 12.8. The van der Waals surface area contributed by atoms with E-state index in [1.54, 1.807) is 24.3 Å². The Bertz CT molecular complexity index is 1030. The van der Waals surface area contributed by atoms with Gasteiger partial charge in [0.05, 0.1) is 17.2 Å². The van der Waals surface area contributed by atoms with Crippen LogP contribution in [0.25, 0.3) is 11.0 Å². The average Bonchev–Trinajstić information content (AvgIpc) is 2.97. The maximum Gasteiger partial charge on any atom is 0.449 e. The molecule has 2 N–H and O–H groups in total. The molecule has 6 nitrogen and oxygen atoms in total. The lowest BCUT2D eigenvalue weighted by atomic mass is 10.2. The first kappa shape index (κ1) is 18.9. The van der Waals surface area contributed by atoms with E-state index in [2.05, 4.69) is 31.4 Å². The zero-order valence-electron chi connectivity index (χ0n) is 13.5. The van der Waals surface area contributed by atoms with Crippen LogP contribution in [-0.2, 0) is 17.5 Å². The molecule has 1 amide bonds. The Balaban J connectivity index is 1.80. The van der Waals surface area contributed by atoms with E-state index in [9.17, 15) is 23.1 Å². The van der Waals surface area contributed by atoms with Crippen LogP contribution in [0.2, 0.25) is 0 Å². The summed E-state index contributed by atoms with van der Waals surface area (Å²) in [7, 11) is 0. The fourth-order valence-electron chi connectivity index (χ4n) is 2.43. The predicted octanol–water partition coefficient (Wildman–Crippen LogP) is 3.67. The highest BCUT2D eigenvalue weighted by Crippen LogP contribution is 2.31. The van der Waals surface area contributed by atoms with Crippen molar-refractivity contribution in [1.82, 2.24) is 15.0 Å². The van der Waals surface area contributed by atoms with Crippen molar-refractivity contribution < 1.29 is 23.1 Å². The molecule has 0 bridgehead atoms. The van der Waals surface area contributed by atoms with Crippen molar-refractivity contribution >= 4 is 39.1 Å². The van der Waals surface area contributed by atoms with E-state index < -0.39 is 24.5 Å². The van der Waals surface area contributed by atoms with Crippen molar-refractivity contribution in [2.75, 3.05) is 0 Å². The third-order valence-corrected chi connectivity index (χ3v) is 4.09. The molecule has 0 aliphatic heterocycles. The third-order valence-electron chi connectivity index (χ3n) is 3.59. The number of benzene rings is 2. The highest BCUT2D eigenvalue weighted by molar-refractivity contribution is 9.10. The fourth-order valence-corrected chi connectivity index (χ4v) is 2.81. The molecular formula is C17H12BrF3N4O2.